The maximum Gasteiger partial charge on any atom is 0.0464 e. The van der Waals surface area contributed by atoms with Gasteiger partial charge < -0.3 is 21.3 Å². The summed E-state index contributed by atoms with van der Waals surface area (Å²) in [4.78, 5) is 4.88. The van der Waals surface area contributed by atoms with E-state index >= 15 is 0 Å². The molecule has 0 aliphatic carbocycles. The van der Waals surface area contributed by atoms with Crippen LogP contribution in [-0.2, 0) is 36.8 Å². The first-order valence-electron chi connectivity index (χ1n) is 38.8. The lowest BCUT2D eigenvalue weighted by atomic mass is 9.84. The Balaban J connectivity index is 0.973. The van der Waals surface area contributed by atoms with Gasteiger partial charge in [0.25, 0.3) is 0 Å². The van der Waals surface area contributed by atoms with Crippen molar-refractivity contribution >= 4 is 34.1 Å². The van der Waals surface area contributed by atoms with Crippen LogP contribution >= 0.6 is 0 Å². The van der Waals surface area contributed by atoms with E-state index in [9.17, 15) is 0 Å². The van der Waals surface area contributed by atoms with Crippen LogP contribution in [0.3, 0.4) is 0 Å². The van der Waals surface area contributed by atoms with Crippen LogP contribution in [0.1, 0.15) is 191 Å². The van der Waals surface area contributed by atoms with Crippen molar-refractivity contribution in [1.29, 1.82) is 0 Å². The second kappa shape index (κ2) is 34.3. The van der Waals surface area contributed by atoms with E-state index in [0.29, 0.717) is 11.8 Å². The Labute approximate surface area is 614 Å². The van der Waals surface area contributed by atoms with Crippen LogP contribution in [0.2, 0.25) is 0 Å². The molecule has 0 unspecified atom stereocenters. The van der Waals surface area contributed by atoms with E-state index in [4.69, 9.17) is 11.5 Å². The maximum absolute atomic E-state index is 6.87. The first-order valence-corrected chi connectivity index (χ1v) is 38.8. The summed E-state index contributed by atoms with van der Waals surface area (Å²) in [5, 5.41) is 0. The van der Waals surface area contributed by atoms with Crippen molar-refractivity contribution < 1.29 is 0 Å². The standard InChI is InChI=1S/C98H114N4/c1-13-19-21-23-25-83-67-96(94-62-60-92(66-72(94)12)102(88-53-41-80(42-54-88)76-33-29-74(30-34-76)64-70(9)10)90-57-45-82(46-58-90)78-37-49-86(50-38-78)98(100,17-5)18-6)84(26-24-22-20-14-2)68-95(83)93-61-59-91(65-71(93)11)101(87-51-39-79(40-52-87)75-31-27-73(28-32-75)63-69(7)8)89-55-43-81(44-56-89)77-35-47-85(48-36-77)97(99,15-3)16-4/h27-62,65-70H,13-26,63-64,99-100H2,1-12H3. The molecular weight excluding hydrogens is 1230 g/mol. The SMILES string of the molecule is CCCCCCc1cc(-c2ccc(N(c3ccc(-c4ccc(CC(C)C)cc4)cc3)c3ccc(-c4ccc(C(N)(CC)CC)cc4)cc3)cc2C)c(CCCCCC)cc1-c1ccc(N(c2ccc(-c3ccc(CC(C)C)cc3)cc2)c2ccc(-c3ccc(C(N)(CC)CC)cc3)cc2)cc1C. The summed E-state index contributed by atoms with van der Waals surface area (Å²) in [6.07, 6.45) is 17.4. The number of nitrogens with zero attached hydrogens (tertiary/aromatic N) is 2. The highest BCUT2D eigenvalue weighted by atomic mass is 15.1. The van der Waals surface area contributed by atoms with Crippen molar-refractivity contribution in [3.8, 4) is 66.8 Å². The molecule has 4 N–H and O–H groups in total. The molecule has 0 atom stereocenters. The summed E-state index contributed by atoms with van der Waals surface area (Å²) in [7, 11) is 0. The van der Waals surface area contributed by atoms with Gasteiger partial charge in [-0.2, -0.15) is 0 Å². The van der Waals surface area contributed by atoms with Crippen molar-refractivity contribution in [2.45, 2.75) is 197 Å². The van der Waals surface area contributed by atoms with Crippen molar-refractivity contribution in [1.82, 2.24) is 0 Å². The molecule has 0 bridgehead atoms. The average molecular weight is 1350 g/mol. The lowest BCUT2D eigenvalue weighted by Gasteiger charge is -2.28. The highest BCUT2D eigenvalue weighted by molar-refractivity contribution is 5.87. The number of rotatable bonds is 32. The summed E-state index contributed by atoms with van der Waals surface area (Å²) < 4.78 is 0. The average Bonchev–Trinajstić information content (AvgIpc) is 0.771. The fraction of sp³-hybridized carbons (Fsp3) is 0.327. The van der Waals surface area contributed by atoms with Gasteiger partial charge in [-0.05, 0) is 274 Å². The van der Waals surface area contributed by atoms with E-state index in [1.165, 1.54) is 150 Å². The van der Waals surface area contributed by atoms with Crippen LogP contribution in [0, 0.1) is 25.7 Å². The van der Waals surface area contributed by atoms with Gasteiger partial charge in [-0.3, -0.25) is 0 Å². The lowest BCUT2D eigenvalue weighted by Crippen LogP contribution is -2.34. The molecule has 0 saturated carbocycles. The zero-order chi connectivity index (χ0) is 71.9. The summed E-state index contributed by atoms with van der Waals surface area (Å²) >= 11 is 0. The third-order valence-corrected chi connectivity index (χ3v) is 21.9. The van der Waals surface area contributed by atoms with Crippen LogP contribution in [0.25, 0.3) is 66.8 Å². The first kappa shape index (κ1) is 74.1. The molecule has 0 saturated heterocycles. The molecule has 4 nitrogen and oxygen atoms in total. The van der Waals surface area contributed by atoms with Gasteiger partial charge in [-0.1, -0.05) is 278 Å². The molecule has 4 heteroatoms. The van der Waals surface area contributed by atoms with Crippen LogP contribution in [0.5, 0.6) is 0 Å². The molecule has 0 aromatic heterocycles. The van der Waals surface area contributed by atoms with E-state index in [2.05, 4.69) is 336 Å². The molecule has 0 fully saturated rings. The van der Waals surface area contributed by atoms with Gasteiger partial charge in [-0.25, -0.2) is 0 Å². The predicted molar refractivity (Wildman–Crippen MR) is 444 cm³/mol. The summed E-state index contributed by atoms with van der Waals surface area (Å²) in [6.45, 7) is 27.2. The summed E-state index contributed by atoms with van der Waals surface area (Å²) in [6, 6.07) is 92.5. The molecule has 11 aromatic rings. The fourth-order valence-corrected chi connectivity index (χ4v) is 15.3. The Morgan fingerprint density at radius 2 is 0.539 bits per heavy atom. The monoisotopic (exact) mass is 1350 g/mol. The largest absolute Gasteiger partial charge is 0.321 e. The smallest absolute Gasteiger partial charge is 0.0464 e. The Morgan fingerprint density at radius 1 is 0.284 bits per heavy atom. The Kier molecular flexibility index (Phi) is 24.9. The van der Waals surface area contributed by atoms with Gasteiger partial charge in [0.2, 0.25) is 0 Å². The Bertz CT molecular complexity index is 4160. The number of nitrogens with two attached hydrogens (primary N) is 2. The zero-order valence-corrected chi connectivity index (χ0v) is 63.6. The van der Waals surface area contributed by atoms with Gasteiger partial charge in [0, 0.05) is 45.2 Å². The zero-order valence-electron chi connectivity index (χ0n) is 63.6. The van der Waals surface area contributed by atoms with Crippen LogP contribution in [0.15, 0.2) is 243 Å². The number of aryl methyl sites for hydroxylation is 4. The Hall–Kier alpha value is -9.06. The van der Waals surface area contributed by atoms with E-state index in [1.54, 1.807) is 0 Å². The van der Waals surface area contributed by atoms with E-state index in [0.717, 1.165) is 98.3 Å². The third kappa shape index (κ3) is 17.5. The van der Waals surface area contributed by atoms with Gasteiger partial charge in [-0.15, -0.1) is 0 Å². The number of hydrogen-bond acceptors (Lipinski definition) is 4. The van der Waals surface area contributed by atoms with Crippen LogP contribution in [0.4, 0.5) is 34.1 Å². The molecule has 526 valence electrons. The van der Waals surface area contributed by atoms with E-state index in [-0.39, 0.29) is 11.1 Å². The quantitative estimate of drug-likeness (QED) is 0.0413. The molecule has 0 aliphatic rings. The summed E-state index contributed by atoms with van der Waals surface area (Å²) in [5.41, 5.74) is 45.3. The van der Waals surface area contributed by atoms with Gasteiger partial charge in [0.1, 0.15) is 0 Å². The van der Waals surface area contributed by atoms with Crippen LogP contribution in [-0.4, -0.2) is 0 Å². The molecule has 0 radical (unpaired) electrons. The lowest BCUT2D eigenvalue weighted by molar-refractivity contribution is 0.413. The topological polar surface area (TPSA) is 58.5 Å². The molecule has 11 aromatic carbocycles. The number of benzene rings is 11. The number of unbranched alkanes of at least 4 members (excludes halogenated alkanes) is 6. The Morgan fingerprint density at radius 3 is 0.784 bits per heavy atom. The van der Waals surface area contributed by atoms with E-state index in [1.807, 2.05) is 0 Å². The predicted octanol–water partition coefficient (Wildman–Crippen LogP) is 27.8. The molecule has 0 spiro atoms. The second-order valence-corrected chi connectivity index (χ2v) is 30.1. The third-order valence-electron chi connectivity index (χ3n) is 21.9. The van der Waals surface area contributed by atoms with Crippen molar-refractivity contribution in [2.24, 2.45) is 23.3 Å². The van der Waals surface area contributed by atoms with Crippen molar-refractivity contribution in [2.75, 3.05) is 9.80 Å². The van der Waals surface area contributed by atoms with Gasteiger partial charge in [0.15, 0.2) is 0 Å². The normalized spacial score (nSPS) is 11.8. The molecular formula is C98H114N4. The van der Waals surface area contributed by atoms with Crippen molar-refractivity contribution in [3.63, 3.8) is 0 Å². The molecule has 11 rings (SSSR count). The maximum atomic E-state index is 6.87. The fourth-order valence-electron chi connectivity index (χ4n) is 15.3. The van der Waals surface area contributed by atoms with Gasteiger partial charge in [0.05, 0.1) is 0 Å². The van der Waals surface area contributed by atoms with Gasteiger partial charge >= 0.3 is 0 Å². The van der Waals surface area contributed by atoms with E-state index < -0.39 is 0 Å². The summed E-state index contributed by atoms with van der Waals surface area (Å²) in [5.74, 6) is 1.24. The highest BCUT2D eigenvalue weighted by Gasteiger charge is 2.26. The minimum atomic E-state index is -0.318. The minimum absolute atomic E-state index is 0.318. The van der Waals surface area contributed by atoms with Crippen LogP contribution < -0.4 is 21.3 Å². The molecule has 0 heterocycles. The molecule has 0 aliphatic heterocycles. The highest BCUT2D eigenvalue weighted by Crippen LogP contribution is 2.45. The number of anilines is 6. The molecule has 0 amide bonds. The first-order chi connectivity index (χ1) is 49.4. The number of hydrogen-bond donors (Lipinski definition) is 2. The van der Waals surface area contributed by atoms with Crippen molar-refractivity contribution in [3.05, 3.63) is 287 Å². The minimum Gasteiger partial charge on any atom is -0.321 e. The molecule has 102 heavy (non-hydrogen) atoms. The second-order valence-electron chi connectivity index (χ2n) is 30.1.